The van der Waals surface area contributed by atoms with E-state index in [-0.39, 0.29) is 24.9 Å². The van der Waals surface area contributed by atoms with Crippen molar-refractivity contribution in [2.45, 2.75) is 54.0 Å². The lowest BCUT2D eigenvalue weighted by molar-refractivity contribution is 0.122. The number of anilines is 3. The predicted molar refractivity (Wildman–Crippen MR) is 196 cm³/mol. The van der Waals surface area contributed by atoms with Gasteiger partial charge in [-0.25, -0.2) is 14.4 Å². The molecule has 0 saturated carbocycles. The molecule has 2 aromatic carbocycles. The first-order chi connectivity index (χ1) is 22.9. The van der Waals surface area contributed by atoms with Crippen molar-refractivity contribution < 1.29 is 14.2 Å². The fourth-order valence-corrected chi connectivity index (χ4v) is 4.86. The van der Waals surface area contributed by atoms with Crippen molar-refractivity contribution in [3.8, 4) is 0 Å². The number of ether oxygens (including phenoxy) is 1. The molecular formula is C36H51ClFN7O2. The second kappa shape index (κ2) is 21.9. The maximum atomic E-state index is 14.3. The number of aromatic nitrogens is 2. The summed E-state index contributed by atoms with van der Waals surface area (Å²) in [7, 11) is 1.89. The van der Waals surface area contributed by atoms with E-state index in [1.165, 1.54) is 6.20 Å². The third-order valence-electron chi connectivity index (χ3n) is 6.82. The van der Waals surface area contributed by atoms with Crippen LogP contribution in [0.2, 0.25) is 5.02 Å². The van der Waals surface area contributed by atoms with Gasteiger partial charge in [-0.2, -0.15) is 5.10 Å². The minimum atomic E-state index is -0.450. The topological polar surface area (TPSA) is 107 Å². The predicted octanol–water partition coefficient (Wildman–Crippen LogP) is 7.30. The van der Waals surface area contributed by atoms with Crippen LogP contribution in [-0.4, -0.2) is 67.8 Å². The molecule has 1 aromatic heterocycles. The number of hydrogen-bond donors (Lipinski definition) is 4. The molecule has 0 radical (unpaired) electrons. The number of morpholine rings is 1. The van der Waals surface area contributed by atoms with E-state index in [1.54, 1.807) is 12.3 Å². The van der Waals surface area contributed by atoms with E-state index < -0.39 is 5.82 Å². The largest absolute Gasteiger partial charge is 0.392 e. The Balaban J connectivity index is 0.00000185. The molecule has 1 aliphatic rings. The molecule has 0 amide bonds. The average molecular weight is 668 g/mol. The van der Waals surface area contributed by atoms with Gasteiger partial charge in [0.2, 0.25) is 0 Å². The van der Waals surface area contributed by atoms with Crippen molar-refractivity contribution >= 4 is 40.6 Å². The van der Waals surface area contributed by atoms with Gasteiger partial charge in [0.25, 0.3) is 0 Å². The molecule has 0 unspecified atom stereocenters. The number of nitrogens with one attached hydrogen (secondary N) is 3. The molecule has 1 fully saturated rings. The minimum Gasteiger partial charge on any atom is -0.392 e. The zero-order chi connectivity index (χ0) is 34.6. The van der Waals surface area contributed by atoms with E-state index in [0.29, 0.717) is 37.2 Å². The smallest absolute Gasteiger partial charge is 0.183 e. The van der Waals surface area contributed by atoms with Crippen LogP contribution in [0.1, 0.15) is 70.0 Å². The Morgan fingerprint density at radius 2 is 1.89 bits per heavy atom. The first kappa shape index (κ1) is 39.3. The average Bonchev–Trinajstić information content (AvgIpc) is 3.10. The molecule has 3 aromatic rings. The highest BCUT2D eigenvalue weighted by molar-refractivity contribution is 6.33. The van der Waals surface area contributed by atoms with Crippen LogP contribution in [-0.2, 0) is 11.3 Å². The van der Waals surface area contributed by atoms with Crippen molar-refractivity contribution in [2.75, 3.05) is 56.7 Å². The lowest BCUT2D eigenvalue weighted by atomic mass is 9.97. The van der Waals surface area contributed by atoms with Crippen molar-refractivity contribution in [1.29, 1.82) is 0 Å². The number of halogens is 2. The normalized spacial score (nSPS) is 13.3. The third kappa shape index (κ3) is 12.4. The fraction of sp³-hybridized carbons (Fsp3) is 0.417. The molecule has 0 aliphatic carbocycles. The molecule has 47 heavy (non-hydrogen) atoms. The van der Waals surface area contributed by atoms with E-state index >= 15 is 0 Å². The Hall–Kier alpha value is -3.83. The Kier molecular flexibility index (Phi) is 18.3. The summed E-state index contributed by atoms with van der Waals surface area (Å²) in [6.07, 6.45) is 8.70. The molecule has 9 nitrogen and oxygen atoms in total. The van der Waals surface area contributed by atoms with Gasteiger partial charge in [0.1, 0.15) is 0 Å². The molecule has 0 spiro atoms. The number of hydrogen-bond acceptors (Lipinski definition) is 9. The van der Waals surface area contributed by atoms with Gasteiger partial charge in [-0.15, -0.1) is 0 Å². The van der Waals surface area contributed by atoms with Crippen LogP contribution in [0.5, 0.6) is 0 Å². The van der Waals surface area contributed by atoms with E-state index in [2.05, 4.69) is 45.0 Å². The molecule has 1 saturated heterocycles. The number of allylic oxidation sites excluding steroid dienone is 2. The van der Waals surface area contributed by atoms with Crippen molar-refractivity contribution in [3.05, 3.63) is 94.2 Å². The number of nitrogens with zero attached hydrogens (tertiary/aromatic N) is 4. The highest BCUT2D eigenvalue weighted by Gasteiger charge is 2.18. The second-order valence-electron chi connectivity index (χ2n) is 10.3. The van der Waals surface area contributed by atoms with Crippen molar-refractivity contribution in [2.24, 2.45) is 5.10 Å². The second-order valence-corrected chi connectivity index (χ2v) is 10.7. The van der Waals surface area contributed by atoms with Crippen LogP contribution in [0, 0.1) is 5.82 Å². The first-order valence-electron chi connectivity index (χ1n) is 16.3. The van der Waals surface area contributed by atoms with Crippen LogP contribution in [0.25, 0.3) is 5.57 Å². The number of benzene rings is 2. The molecular weight excluding hydrogens is 617 g/mol. The van der Waals surface area contributed by atoms with Gasteiger partial charge in [-0.05, 0) is 59.5 Å². The monoisotopic (exact) mass is 667 g/mol. The van der Waals surface area contributed by atoms with E-state index in [9.17, 15) is 9.50 Å². The number of aliphatic hydroxyl groups is 1. The van der Waals surface area contributed by atoms with E-state index in [0.717, 1.165) is 40.2 Å². The Morgan fingerprint density at radius 3 is 2.57 bits per heavy atom. The van der Waals surface area contributed by atoms with Crippen LogP contribution in [0.15, 0.2) is 65.9 Å². The van der Waals surface area contributed by atoms with Crippen LogP contribution < -0.4 is 21.0 Å². The van der Waals surface area contributed by atoms with Gasteiger partial charge in [0.05, 0.1) is 49.5 Å². The SMILES string of the molecule is CC.CC.CNCC=C/C(=C\CO)c1cccc(Nc2cc(C(C)C)c(/C=N/NCc3ncc(F)c(N4CCOCC4)n3)cc2Cl)c1. The van der Waals surface area contributed by atoms with E-state index in [4.69, 9.17) is 16.3 Å². The van der Waals surface area contributed by atoms with Gasteiger partial charge in [-0.1, -0.05) is 83.5 Å². The van der Waals surface area contributed by atoms with Crippen molar-refractivity contribution in [3.63, 3.8) is 0 Å². The van der Waals surface area contributed by atoms with Crippen LogP contribution in [0.3, 0.4) is 0 Å². The number of aliphatic hydroxyl groups excluding tert-OH is 1. The Labute approximate surface area is 285 Å². The highest BCUT2D eigenvalue weighted by atomic mass is 35.5. The molecule has 1 aliphatic heterocycles. The fourth-order valence-electron chi connectivity index (χ4n) is 4.64. The zero-order valence-corrected chi connectivity index (χ0v) is 29.5. The van der Waals surface area contributed by atoms with Crippen molar-refractivity contribution in [1.82, 2.24) is 20.7 Å². The molecule has 4 rings (SSSR count). The highest BCUT2D eigenvalue weighted by Crippen LogP contribution is 2.32. The Bertz CT molecular complexity index is 1460. The van der Waals surface area contributed by atoms with Gasteiger partial charge in [-0.3, -0.25) is 0 Å². The first-order valence-corrected chi connectivity index (χ1v) is 16.7. The Morgan fingerprint density at radius 1 is 1.15 bits per heavy atom. The maximum absolute atomic E-state index is 14.3. The lowest BCUT2D eigenvalue weighted by Crippen LogP contribution is -2.37. The number of likely N-dealkylation sites (N-methyl/N-ethyl adjacent to an activating group) is 1. The summed E-state index contributed by atoms with van der Waals surface area (Å²) in [6, 6.07) is 11.9. The summed E-state index contributed by atoms with van der Waals surface area (Å²) in [6.45, 7) is 15.4. The molecule has 256 valence electrons. The van der Waals surface area contributed by atoms with Gasteiger partial charge in [0, 0.05) is 25.3 Å². The summed E-state index contributed by atoms with van der Waals surface area (Å²) in [4.78, 5) is 10.4. The molecule has 0 bridgehead atoms. The molecule has 0 atom stereocenters. The summed E-state index contributed by atoms with van der Waals surface area (Å²) in [5, 5.41) is 21.0. The molecule has 11 heteroatoms. The summed E-state index contributed by atoms with van der Waals surface area (Å²) in [5.41, 5.74) is 8.47. The van der Waals surface area contributed by atoms with Gasteiger partial charge >= 0.3 is 0 Å². The molecule has 4 N–H and O–H groups in total. The quantitative estimate of drug-likeness (QED) is 0.0855. The maximum Gasteiger partial charge on any atom is 0.183 e. The number of hydrazone groups is 1. The van der Waals surface area contributed by atoms with Crippen LogP contribution >= 0.6 is 11.6 Å². The standard InChI is InChI=1S/C32H39ClFN7O2.2C2H6/c1-22(2)27-18-30(39-26-8-4-6-24(16-26)23(9-13-42)7-5-10-35-3)28(33)17-25(27)19-37-38-21-31-36-20-29(34)32(40-31)41-11-14-43-15-12-41;2*1-2/h4-9,16-20,22,35,38-39,42H,10-15,21H2,1-3H3;2*1-2H3/b7-5?,23-9+,37-19+;;. The van der Waals surface area contributed by atoms with E-state index in [1.807, 2.05) is 88.2 Å². The molecule has 2 heterocycles. The number of rotatable bonds is 13. The summed E-state index contributed by atoms with van der Waals surface area (Å²) in [5.74, 6) is 0.485. The summed E-state index contributed by atoms with van der Waals surface area (Å²) >= 11 is 6.73. The summed E-state index contributed by atoms with van der Waals surface area (Å²) < 4.78 is 19.7. The zero-order valence-electron chi connectivity index (χ0n) is 28.8. The van der Waals surface area contributed by atoms with Gasteiger partial charge < -0.3 is 30.8 Å². The third-order valence-corrected chi connectivity index (χ3v) is 7.13. The lowest BCUT2D eigenvalue weighted by Gasteiger charge is -2.28. The minimum absolute atomic E-state index is 0.0509. The van der Waals surface area contributed by atoms with Crippen LogP contribution in [0.4, 0.5) is 21.6 Å². The van der Waals surface area contributed by atoms with Gasteiger partial charge in [0.15, 0.2) is 17.5 Å².